The van der Waals surface area contributed by atoms with Gasteiger partial charge in [0.05, 0.1) is 0 Å². The molecule has 1 aromatic rings. The first kappa shape index (κ1) is 18.3. The van der Waals surface area contributed by atoms with E-state index in [-0.39, 0.29) is 17.7 Å². The van der Waals surface area contributed by atoms with Crippen LogP contribution in [0, 0.1) is 0 Å². The predicted molar refractivity (Wildman–Crippen MR) is 84.4 cm³/mol. The SMILES string of the molecule is C=CCNCCC1CCC(=O)N1Cc1ccc(OC(F)(F)F)cc1. The van der Waals surface area contributed by atoms with E-state index in [1.54, 1.807) is 23.1 Å². The van der Waals surface area contributed by atoms with E-state index in [0.29, 0.717) is 13.0 Å². The summed E-state index contributed by atoms with van der Waals surface area (Å²) < 4.78 is 40.3. The number of amides is 1. The number of rotatable bonds is 8. The Morgan fingerprint density at radius 3 is 2.67 bits per heavy atom. The van der Waals surface area contributed by atoms with Gasteiger partial charge in [-0.05, 0) is 37.1 Å². The Bertz CT molecular complexity index is 558. The minimum absolute atomic E-state index is 0.0827. The average Bonchev–Trinajstić information content (AvgIpc) is 2.85. The van der Waals surface area contributed by atoms with Crippen LogP contribution in [0.15, 0.2) is 36.9 Å². The Hall–Kier alpha value is -2.02. The van der Waals surface area contributed by atoms with Gasteiger partial charge in [0.15, 0.2) is 0 Å². The molecule has 0 spiro atoms. The van der Waals surface area contributed by atoms with Gasteiger partial charge in [0.2, 0.25) is 5.91 Å². The van der Waals surface area contributed by atoms with Gasteiger partial charge in [0.25, 0.3) is 0 Å². The number of alkyl halides is 3. The van der Waals surface area contributed by atoms with E-state index in [9.17, 15) is 18.0 Å². The van der Waals surface area contributed by atoms with Crippen molar-refractivity contribution in [2.75, 3.05) is 13.1 Å². The lowest BCUT2D eigenvalue weighted by Crippen LogP contribution is -2.34. The highest BCUT2D eigenvalue weighted by atomic mass is 19.4. The van der Waals surface area contributed by atoms with Crippen molar-refractivity contribution in [2.24, 2.45) is 0 Å². The van der Waals surface area contributed by atoms with Crippen LogP contribution >= 0.6 is 0 Å². The molecule has 1 unspecified atom stereocenters. The van der Waals surface area contributed by atoms with Crippen molar-refractivity contribution in [2.45, 2.75) is 38.2 Å². The average molecular weight is 342 g/mol. The zero-order valence-electron chi connectivity index (χ0n) is 13.3. The van der Waals surface area contributed by atoms with E-state index < -0.39 is 6.36 Å². The number of hydrogen-bond donors (Lipinski definition) is 1. The van der Waals surface area contributed by atoms with Gasteiger partial charge in [0, 0.05) is 25.6 Å². The van der Waals surface area contributed by atoms with Crippen LogP contribution in [0.3, 0.4) is 0 Å². The molecule has 1 fully saturated rings. The van der Waals surface area contributed by atoms with E-state index in [1.165, 1.54) is 12.1 Å². The Labute approximate surface area is 139 Å². The van der Waals surface area contributed by atoms with Gasteiger partial charge in [-0.1, -0.05) is 18.2 Å². The first-order valence-corrected chi connectivity index (χ1v) is 7.85. The van der Waals surface area contributed by atoms with Crippen LogP contribution in [0.4, 0.5) is 13.2 Å². The molecule has 7 heteroatoms. The number of benzene rings is 1. The fraction of sp³-hybridized carbons (Fsp3) is 0.471. The molecule has 0 aromatic heterocycles. The van der Waals surface area contributed by atoms with Gasteiger partial charge >= 0.3 is 6.36 Å². The molecule has 1 saturated heterocycles. The highest BCUT2D eigenvalue weighted by molar-refractivity contribution is 5.78. The van der Waals surface area contributed by atoms with E-state index in [1.807, 2.05) is 0 Å². The van der Waals surface area contributed by atoms with Crippen molar-refractivity contribution in [3.05, 3.63) is 42.5 Å². The number of ether oxygens (including phenoxy) is 1. The summed E-state index contributed by atoms with van der Waals surface area (Å²) in [5, 5.41) is 3.21. The van der Waals surface area contributed by atoms with Crippen LogP contribution in [0.1, 0.15) is 24.8 Å². The summed E-state index contributed by atoms with van der Waals surface area (Å²) in [5.41, 5.74) is 0.781. The Morgan fingerprint density at radius 2 is 2.04 bits per heavy atom. The van der Waals surface area contributed by atoms with Gasteiger partial charge < -0.3 is 15.0 Å². The Kier molecular flexibility index (Phi) is 6.25. The van der Waals surface area contributed by atoms with Crippen molar-refractivity contribution in [3.63, 3.8) is 0 Å². The van der Waals surface area contributed by atoms with Crippen molar-refractivity contribution in [1.82, 2.24) is 10.2 Å². The fourth-order valence-corrected chi connectivity index (χ4v) is 2.78. The maximum atomic E-state index is 12.2. The molecule has 0 bridgehead atoms. The molecular formula is C17H21F3N2O2. The predicted octanol–water partition coefficient (Wildman–Crippen LogP) is 3.24. The standard InChI is InChI=1S/C17H21F3N2O2/c1-2-10-21-11-9-14-5-8-16(23)22(14)12-13-3-6-15(7-4-13)24-17(18,19)20/h2-4,6-7,14,21H,1,5,8-12H2. The minimum Gasteiger partial charge on any atom is -0.406 e. The molecule has 132 valence electrons. The molecule has 24 heavy (non-hydrogen) atoms. The molecule has 1 amide bonds. The minimum atomic E-state index is -4.70. The third kappa shape index (κ3) is 5.56. The molecular weight excluding hydrogens is 321 g/mol. The summed E-state index contributed by atoms with van der Waals surface area (Å²) in [5.74, 6) is -0.177. The maximum absolute atomic E-state index is 12.2. The zero-order chi connectivity index (χ0) is 17.6. The molecule has 0 radical (unpaired) electrons. The number of hydrogen-bond acceptors (Lipinski definition) is 3. The summed E-state index contributed by atoms with van der Waals surface area (Å²) in [4.78, 5) is 13.8. The second kappa shape index (κ2) is 8.19. The fourth-order valence-electron chi connectivity index (χ4n) is 2.78. The molecule has 1 atom stereocenters. The molecule has 1 aromatic carbocycles. The summed E-state index contributed by atoms with van der Waals surface area (Å²) in [6.07, 6.45) is -0.752. The van der Waals surface area contributed by atoms with Crippen LogP contribution in [0.5, 0.6) is 5.75 Å². The number of likely N-dealkylation sites (tertiary alicyclic amines) is 1. The van der Waals surface area contributed by atoms with E-state index >= 15 is 0 Å². The molecule has 1 heterocycles. The highest BCUT2D eigenvalue weighted by Crippen LogP contribution is 2.26. The number of halogens is 3. The van der Waals surface area contributed by atoms with Crippen molar-refractivity contribution in [1.29, 1.82) is 0 Å². The normalized spacial score (nSPS) is 18.0. The first-order valence-electron chi connectivity index (χ1n) is 7.85. The van der Waals surface area contributed by atoms with E-state index in [2.05, 4.69) is 16.6 Å². The molecule has 1 aliphatic rings. The lowest BCUT2D eigenvalue weighted by atomic mass is 10.1. The molecule has 2 rings (SSSR count). The summed E-state index contributed by atoms with van der Waals surface area (Å²) in [6, 6.07) is 5.80. The molecule has 1 N–H and O–H groups in total. The number of nitrogens with zero attached hydrogens (tertiary/aromatic N) is 1. The van der Waals surface area contributed by atoms with Crippen molar-refractivity contribution < 1.29 is 22.7 Å². The van der Waals surface area contributed by atoms with Crippen molar-refractivity contribution >= 4 is 5.91 Å². The van der Waals surface area contributed by atoms with Crippen LogP contribution in [0.2, 0.25) is 0 Å². The molecule has 0 aliphatic carbocycles. The number of carbonyl (C=O) groups is 1. The van der Waals surface area contributed by atoms with Gasteiger partial charge in [0.1, 0.15) is 5.75 Å². The number of carbonyl (C=O) groups excluding carboxylic acids is 1. The Morgan fingerprint density at radius 1 is 1.33 bits per heavy atom. The molecule has 1 aliphatic heterocycles. The van der Waals surface area contributed by atoms with Crippen LogP contribution in [-0.2, 0) is 11.3 Å². The summed E-state index contributed by atoms with van der Waals surface area (Å²) in [7, 11) is 0. The van der Waals surface area contributed by atoms with E-state index in [0.717, 1.165) is 31.5 Å². The highest BCUT2D eigenvalue weighted by Gasteiger charge is 2.32. The van der Waals surface area contributed by atoms with Gasteiger partial charge in [-0.2, -0.15) is 0 Å². The molecule has 0 saturated carbocycles. The van der Waals surface area contributed by atoms with Crippen molar-refractivity contribution in [3.8, 4) is 5.75 Å². The maximum Gasteiger partial charge on any atom is 0.573 e. The van der Waals surface area contributed by atoms with Gasteiger partial charge in [-0.15, -0.1) is 19.8 Å². The van der Waals surface area contributed by atoms with Gasteiger partial charge in [-0.3, -0.25) is 4.79 Å². The first-order chi connectivity index (χ1) is 11.4. The topological polar surface area (TPSA) is 41.6 Å². The molecule has 4 nitrogen and oxygen atoms in total. The lowest BCUT2D eigenvalue weighted by molar-refractivity contribution is -0.274. The second-order valence-electron chi connectivity index (χ2n) is 5.69. The Balaban J connectivity index is 1.92. The van der Waals surface area contributed by atoms with Crippen LogP contribution < -0.4 is 10.1 Å². The summed E-state index contributed by atoms with van der Waals surface area (Å²) in [6.45, 7) is 5.55. The quantitative estimate of drug-likeness (QED) is 0.582. The van der Waals surface area contributed by atoms with E-state index in [4.69, 9.17) is 0 Å². The number of nitrogens with one attached hydrogen (secondary N) is 1. The second-order valence-corrected chi connectivity index (χ2v) is 5.69. The smallest absolute Gasteiger partial charge is 0.406 e. The summed E-state index contributed by atoms with van der Waals surface area (Å²) >= 11 is 0. The van der Waals surface area contributed by atoms with Crippen LogP contribution in [-0.4, -0.2) is 36.3 Å². The third-order valence-corrected chi connectivity index (χ3v) is 3.91. The zero-order valence-corrected chi connectivity index (χ0v) is 13.3. The largest absolute Gasteiger partial charge is 0.573 e. The van der Waals surface area contributed by atoms with Gasteiger partial charge in [-0.25, -0.2) is 0 Å². The third-order valence-electron chi connectivity index (χ3n) is 3.91. The lowest BCUT2D eigenvalue weighted by Gasteiger charge is -2.25. The van der Waals surface area contributed by atoms with Crippen LogP contribution in [0.25, 0.3) is 0 Å². The monoisotopic (exact) mass is 342 g/mol.